The molecule has 0 spiro atoms. The lowest BCUT2D eigenvalue weighted by atomic mass is 9.97. The third kappa shape index (κ3) is 2.46. The molecule has 2 aliphatic heterocycles. The number of aromatic nitrogens is 1. The van der Waals surface area contributed by atoms with Gasteiger partial charge in [0.2, 0.25) is 0 Å². The van der Waals surface area contributed by atoms with Gasteiger partial charge >= 0.3 is 5.63 Å². The van der Waals surface area contributed by atoms with Crippen molar-refractivity contribution in [1.29, 1.82) is 0 Å². The van der Waals surface area contributed by atoms with Gasteiger partial charge in [-0.2, -0.15) is 0 Å². The molecule has 2 aliphatic rings. The third-order valence-corrected chi connectivity index (χ3v) is 6.58. The van der Waals surface area contributed by atoms with Crippen molar-refractivity contribution in [2.24, 2.45) is 0 Å². The Balaban J connectivity index is 1.69. The van der Waals surface area contributed by atoms with Crippen LogP contribution in [-0.2, 0) is 12.8 Å². The molecule has 2 aromatic carbocycles. The summed E-state index contributed by atoms with van der Waals surface area (Å²) in [6, 6.07) is 10.5. The first-order valence-electron chi connectivity index (χ1n) is 10.4. The zero-order valence-corrected chi connectivity index (χ0v) is 16.8. The van der Waals surface area contributed by atoms with Gasteiger partial charge in [-0.15, -0.1) is 0 Å². The Morgan fingerprint density at radius 1 is 0.862 bits per heavy atom. The van der Waals surface area contributed by atoms with E-state index in [-0.39, 0.29) is 5.63 Å². The highest BCUT2D eigenvalue weighted by atomic mass is 16.4. The van der Waals surface area contributed by atoms with Crippen LogP contribution in [-0.4, -0.2) is 32.2 Å². The summed E-state index contributed by atoms with van der Waals surface area (Å²) in [5, 5.41) is 2.51. The Labute approximate surface area is 168 Å². The molecule has 6 rings (SSSR count). The first-order chi connectivity index (χ1) is 14.1. The lowest BCUT2D eigenvalue weighted by Gasteiger charge is -2.28. The monoisotopic (exact) mass is 385 g/mol. The number of rotatable bonds is 0. The fourth-order valence-corrected chi connectivity index (χ4v) is 5.02. The molecular formula is C24H23N3O2. The van der Waals surface area contributed by atoms with Crippen molar-refractivity contribution < 1.29 is 4.42 Å². The van der Waals surface area contributed by atoms with Gasteiger partial charge in [-0.25, -0.2) is 9.78 Å². The summed E-state index contributed by atoms with van der Waals surface area (Å²) >= 11 is 0. The van der Waals surface area contributed by atoms with Crippen LogP contribution >= 0.6 is 0 Å². The molecule has 0 unspecified atom stereocenters. The second kappa shape index (κ2) is 5.96. The minimum Gasteiger partial charge on any atom is -0.422 e. The predicted octanol–water partition coefficient (Wildman–Crippen LogP) is 4.26. The van der Waals surface area contributed by atoms with Crippen LogP contribution in [0.3, 0.4) is 0 Å². The van der Waals surface area contributed by atoms with E-state index in [4.69, 9.17) is 9.40 Å². The van der Waals surface area contributed by atoms with E-state index in [0.717, 1.165) is 66.3 Å². The highest BCUT2D eigenvalue weighted by Gasteiger charge is 2.20. The van der Waals surface area contributed by atoms with Gasteiger partial charge < -0.3 is 14.2 Å². The molecule has 0 N–H and O–H groups in total. The highest BCUT2D eigenvalue weighted by Crippen LogP contribution is 2.35. The molecule has 0 radical (unpaired) electrons. The number of benzene rings is 2. The number of hydrogen-bond donors (Lipinski definition) is 0. The zero-order valence-electron chi connectivity index (χ0n) is 16.8. The van der Waals surface area contributed by atoms with Crippen molar-refractivity contribution >= 4 is 44.1 Å². The summed E-state index contributed by atoms with van der Waals surface area (Å²) in [6.07, 6.45) is 4.41. The molecule has 2 aromatic heterocycles. The summed E-state index contributed by atoms with van der Waals surface area (Å²) in [7, 11) is 4.23. The SMILES string of the molecule is CN1CCCc2cc3cc4c(=O)oc5cc6c(cc5c4nc3cc21)CCCN6C. The van der Waals surface area contributed by atoms with Gasteiger partial charge in [0.05, 0.1) is 16.4 Å². The van der Waals surface area contributed by atoms with Gasteiger partial charge in [-0.3, -0.25) is 0 Å². The second-order valence-electron chi connectivity index (χ2n) is 8.47. The Hall–Kier alpha value is -3.08. The van der Waals surface area contributed by atoms with Crippen molar-refractivity contribution in [1.82, 2.24) is 4.98 Å². The minimum absolute atomic E-state index is 0.310. The molecule has 0 amide bonds. The van der Waals surface area contributed by atoms with E-state index in [1.54, 1.807) is 0 Å². The molecule has 0 saturated carbocycles. The lowest BCUT2D eigenvalue weighted by Crippen LogP contribution is -2.24. The maximum atomic E-state index is 12.8. The van der Waals surface area contributed by atoms with E-state index in [0.29, 0.717) is 11.0 Å². The smallest absolute Gasteiger partial charge is 0.345 e. The molecule has 0 atom stereocenters. The Bertz CT molecular complexity index is 1370. The average molecular weight is 385 g/mol. The molecule has 0 bridgehead atoms. The fourth-order valence-electron chi connectivity index (χ4n) is 5.02. The van der Waals surface area contributed by atoms with Crippen molar-refractivity contribution in [2.75, 3.05) is 37.0 Å². The molecular weight excluding hydrogens is 362 g/mol. The second-order valence-corrected chi connectivity index (χ2v) is 8.47. The zero-order chi connectivity index (χ0) is 19.7. The van der Waals surface area contributed by atoms with Crippen molar-refractivity contribution in [3.8, 4) is 0 Å². The summed E-state index contributed by atoms with van der Waals surface area (Å²) in [5.74, 6) is 0. The Kier molecular flexibility index (Phi) is 3.46. The molecule has 146 valence electrons. The summed E-state index contributed by atoms with van der Waals surface area (Å²) in [4.78, 5) is 22.3. The summed E-state index contributed by atoms with van der Waals surface area (Å²) in [5.41, 5.74) is 7.03. The molecule has 0 saturated heterocycles. The van der Waals surface area contributed by atoms with E-state index in [9.17, 15) is 4.79 Å². The van der Waals surface area contributed by atoms with Crippen molar-refractivity contribution in [3.05, 3.63) is 51.9 Å². The predicted molar refractivity (Wildman–Crippen MR) is 118 cm³/mol. The average Bonchev–Trinajstić information content (AvgIpc) is 2.71. The van der Waals surface area contributed by atoms with E-state index < -0.39 is 0 Å². The molecule has 0 fully saturated rings. The normalized spacial score (nSPS) is 16.5. The lowest BCUT2D eigenvalue weighted by molar-refractivity contribution is 0.569. The maximum absolute atomic E-state index is 12.8. The number of fused-ring (bicyclic) bond motifs is 6. The van der Waals surface area contributed by atoms with Crippen LogP contribution in [0.2, 0.25) is 0 Å². The summed E-state index contributed by atoms with van der Waals surface area (Å²) < 4.78 is 5.74. The number of nitrogens with zero attached hydrogens (tertiary/aromatic N) is 3. The molecule has 4 heterocycles. The molecule has 5 nitrogen and oxygen atoms in total. The van der Waals surface area contributed by atoms with Gasteiger partial charge in [-0.1, -0.05) is 0 Å². The van der Waals surface area contributed by atoms with Crippen LogP contribution in [0.15, 0.2) is 39.5 Å². The Morgan fingerprint density at radius 2 is 1.55 bits per heavy atom. The van der Waals surface area contributed by atoms with Crippen LogP contribution in [0.5, 0.6) is 0 Å². The van der Waals surface area contributed by atoms with E-state index >= 15 is 0 Å². The fraction of sp³-hybridized carbons (Fsp3) is 0.333. The number of aryl methyl sites for hydroxylation is 2. The Morgan fingerprint density at radius 3 is 2.31 bits per heavy atom. The van der Waals surface area contributed by atoms with Gasteiger partial charge in [0.25, 0.3) is 0 Å². The van der Waals surface area contributed by atoms with Gasteiger partial charge in [0.1, 0.15) is 5.58 Å². The van der Waals surface area contributed by atoms with E-state index in [1.165, 1.54) is 16.8 Å². The standard InChI is InChI=1S/C24H23N3O2/c1-26-7-3-5-14-9-16-11-18-23(25-19(16)12-20(14)26)17-10-15-6-4-8-27(2)21(15)13-22(17)29-24(18)28/h9-13H,3-8H2,1-2H3. The first kappa shape index (κ1) is 16.8. The van der Waals surface area contributed by atoms with Gasteiger partial charge in [0.15, 0.2) is 0 Å². The number of pyridine rings is 1. The number of hydrogen-bond acceptors (Lipinski definition) is 5. The van der Waals surface area contributed by atoms with Crippen LogP contribution < -0.4 is 15.4 Å². The first-order valence-corrected chi connectivity index (χ1v) is 10.4. The molecule has 5 heteroatoms. The quantitative estimate of drug-likeness (QED) is 0.257. The van der Waals surface area contributed by atoms with Gasteiger partial charge in [-0.05, 0) is 61.1 Å². The maximum Gasteiger partial charge on any atom is 0.345 e. The largest absolute Gasteiger partial charge is 0.422 e. The van der Waals surface area contributed by atoms with Crippen LogP contribution in [0, 0.1) is 0 Å². The molecule has 4 aromatic rings. The van der Waals surface area contributed by atoms with Gasteiger partial charge in [0, 0.05) is 55.4 Å². The van der Waals surface area contributed by atoms with E-state index in [1.807, 2.05) is 12.1 Å². The highest BCUT2D eigenvalue weighted by molar-refractivity contribution is 6.07. The van der Waals surface area contributed by atoms with E-state index in [2.05, 4.69) is 42.1 Å². The van der Waals surface area contributed by atoms with Crippen molar-refractivity contribution in [3.63, 3.8) is 0 Å². The van der Waals surface area contributed by atoms with Crippen LogP contribution in [0.1, 0.15) is 24.0 Å². The van der Waals surface area contributed by atoms with Crippen LogP contribution in [0.4, 0.5) is 11.4 Å². The summed E-state index contributed by atoms with van der Waals surface area (Å²) in [6.45, 7) is 2.09. The number of anilines is 2. The van der Waals surface area contributed by atoms with Crippen LogP contribution in [0.25, 0.3) is 32.8 Å². The third-order valence-electron chi connectivity index (χ3n) is 6.58. The topological polar surface area (TPSA) is 49.6 Å². The van der Waals surface area contributed by atoms with Crippen molar-refractivity contribution in [2.45, 2.75) is 25.7 Å². The molecule has 29 heavy (non-hydrogen) atoms. The minimum atomic E-state index is -0.310. The molecule has 0 aliphatic carbocycles.